The lowest BCUT2D eigenvalue weighted by Gasteiger charge is -2.13. The van der Waals surface area contributed by atoms with E-state index in [2.05, 4.69) is 15.9 Å². The Morgan fingerprint density at radius 2 is 2.16 bits per heavy atom. The molecule has 0 aliphatic rings. The molecule has 1 heterocycles. The van der Waals surface area contributed by atoms with E-state index in [1.165, 1.54) is 11.3 Å². The monoisotopic (exact) mass is 368 g/mol. The molecule has 0 saturated carbocycles. The number of carbonyl (C=O) groups excluding carboxylic acids is 1. The van der Waals surface area contributed by atoms with Gasteiger partial charge in [0.05, 0.1) is 15.6 Å². The third kappa shape index (κ3) is 6.03. The highest BCUT2D eigenvalue weighted by Gasteiger charge is 2.21. The predicted octanol–water partition coefficient (Wildman–Crippen LogP) is 1.48. The molecule has 0 aliphatic heterocycles. The molecule has 1 rings (SSSR count). The van der Waals surface area contributed by atoms with Crippen LogP contribution in [0.25, 0.3) is 0 Å². The largest absolute Gasteiger partial charge is 0.320 e. The van der Waals surface area contributed by atoms with Gasteiger partial charge in [-0.15, -0.1) is 11.3 Å². The summed E-state index contributed by atoms with van der Waals surface area (Å²) in [6.07, 6.45) is 0.311. The van der Waals surface area contributed by atoms with E-state index in [4.69, 9.17) is 5.73 Å². The van der Waals surface area contributed by atoms with Gasteiger partial charge in [-0.2, -0.15) is 0 Å². The fourth-order valence-corrected chi connectivity index (χ4v) is 4.15. The Kier molecular flexibility index (Phi) is 5.97. The molecular weight excluding hydrogens is 352 g/mol. The van der Waals surface area contributed by atoms with Gasteiger partial charge in [-0.3, -0.25) is 9.52 Å². The molecule has 1 aromatic heterocycles. The molecule has 1 unspecified atom stereocenters. The minimum Gasteiger partial charge on any atom is -0.320 e. The molecule has 0 radical (unpaired) electrons. The molecular formula is C11H17BrN2O3S2. The first-order valence-electron chi connectivity index (χ1n) is 5.72. The Labute approximate surface area is 125 Å². The second kappa shape index (κ2) is 6.83. The maximum atomic E-state index is 11.7. The Hall–Kier alpha value is -0.440. The van der Waals surface area contributed by atoms with Crippen molar-refractivity contribution in [2.75, 3.05) is 5.75 Å². The van der Waals surface area contributed by atoms with Crippen LogP contribution in [0.5, 0.6) is 0 Å². The van der Waals surface area contributed by atoms with Crippen LogP contribution in [-0.2, 0) is 21.2 Å². The number of rotatable bonds is 6. The molecule has 1 amide bonds. The Morgan fingerprint density at radius 3 is 2.63 bits per heavy atom. The number of halogens is 1. The number of hydrogen-bond donors (Lipinski definition) is 2. The SMILES string of the molecule is CC(C)CS(=O)(=O)NC(=O)C(N)Cc1csc(Br)c1. The summed E-state index contributed by atoms with van der Waals surface area (Å²) in [5, 5.41) is 1.87. The standard InChI is InChI=1S/C11H17BrN2O3S2/c1-7(2)6-19(16,17)14-11(15)9(13)3-8-4-10(12)18-5-8/h4-5,7,9H,3,6,13H2,1-2H3,(H,14,15). The van der Waals surface area contributed by atoms with Crippen molar-refractivity contribution in [2.45, 2.75) is 26.3 Å². The average Bonchev–Trinajstić information content (AvgIpc) is 2.60. The van der Waals surface area contributed by atoms with Crippen molar-refractivity contribution >= 4 is 43.2 Å². The number of thiophene rings is 1. The van der Waals surface area contributed by atoms with Crippen LogP contribution in [-0.4, -0.2) is 26.1 Å². The van der Waals surface area contributed by atoms with Gasteiger partial charge in [-0.1, -0.05) is 13.8 Å². The summed E-state index contributed by atoms with van der Waals surface area (Å²) in [6, 6.07) is 0.990. The Morgan fingerprint density at radius 1 is 1.53 bits per heavy atom. The summed E-state index contributed by atoms with van der Waals surface area (Å²) in [7, 11) is -3.60. The summed E-state index contributed by atoms with van der Waals surface area (Å²) < 4.78 is 26.2. The van der Waals surface area contributed by atoms with E-state index in [1.54, 1.807) is 13.8 Å². The molecule has 0 saturated heterocycles. The van der Waals surface area contributed by atoms with Gasteiger partial charge < -0.3 is 5.73 Å². The highest BCUT2D eigenvalue weighted by molar-refractivity contribution is 9.11. The van der Waals surface area contributed by atoms with E-state index in [1.807, 2.05) is 16.2 Å². The van der Waals surface area contributed by atoms with Gasteiger partial charge >= 0.3 is 0 Å². The fourth-order valence-electron chi connectivity index (χ4n) is 1.51. The molecule has 0 aliphatic carbocycles. The predicted molar refractivity (Wildman–Crippen MR) is 80.5 cm³/mol. The third-order valence-electron chi connectivity index (χ3n) is 2.22. The summed E-state index contributed by atoms with van der Waals surface area (Å²) in [6.45, 7) is 3.54. The zero-order valence-corrected chi connectivity index (χ0v) is 13.9. The van der Waals surface area contributed by atoms with Crippen LogP contribution in [0.2, 0.25) is 0 Å². The minimum absolute atomic E-state index is 0.0469. The molecule has 19 heavy (non-hydrogen) atoms. The highest BCUT2D eigenvalue weighted by atomic mass is 79.9. The van der Waals surface area contributed by atoms with Crippen molar-refractivity contribution in [3.63, 3.8) is 0 Å². The van der Waals surface area contributed by atoms with E-state index in [9.17, 15) is 13.2 Å². The van der Waals surface area contributed by atoms with E-state index in [0.29, 0.717) is 6.42 Å². The van der Waals surface area contributed by atoms with Crippen LogP contribution in [0.4, 0.5) is 0 Å². The van der Waals surface area contributed by atoms with Gasteiger partial charge in [0.1, 0.15) is 0 Å². The van der Waals surface area contributed by atoms with E-state index in [-0.39, 0.29) is 11.7 Å². The third-order valence-corrected chi connectivity index (χ3v) is 5.39. The molecule has 1 aromatic rings. The molecule has 3 N–H and O–H groups in total. The lowest BCUT2D eigenvalue weighted by Crippen LogP contribution is -2.45. The lowest BCUT2D eigenvalue weighted by atomic mass is 10.1. The Bertz CT molecular complexity index is 540. The summed E-state index contributed by atoms with van der Waals surface area (Å²) >= 11 is 4.81. The number of nitrogens with one attached hydrogen (secondary N) is 1. The van der Waals surface area contributed by atoms with Crippen LogP contribution in [0.3, 0.4) is 0 Å². The first kappa shape index (κ1) is 16.6. The highest BCUT2D eigenvalue weighted by Crippen LogP contribution is 2.21. The molecule has 108 valence electrons. The first-order chi connectivity index (χ1) is 8.69. The van der Waals surface area contributed by atoms with E-state index in [0.717, 1.165) is 9.35 Å². The van der Waals surface area contributed by atoms with Crippen LogP contribution < -0.4 is 10.5 Å². The summed E-state index contributed by atoms with van der Waals surface area (Å²) in [4.78, 5) is 11.7. The van der Waals surface area contributed by atoms with Gasteiger partial charge in [-0.05, 0) is 45.3 Å². The summed E-state index contributed by atoms with van der Waals surface area (Å²) in [5.74, 6) is -0.799. The van der Waals surface area contributed by atoms with Gasteiger partial charge in [0.2, 0.25) is 10.0 Å². The second-order valence-electron chi connectivity index (χ2n) is 4.71. The lowest BCUT2D eigenvalue weighted by molar-refractivity contribution is -0.120. The van der Waals surface area contributed by atoms with Crippen LogP contribution in [0.15, 0.2) is 15.2 Å². The zero-order valence-electron chi connectivity index (χ0n) is 10.7. The minimum atomic E-state index is -3.60. The average molecular weight is 369 g/mol. The fraction of sp³-hybridized carbons (Fsp3) is 0.545. The number of carbonyl (C=O) groups is 1. The molecule has 5 nitrogen and oxygen atoms in total. The quantitative estimate of drug-likeness (QED) is 0.795. The van der Waals surface area contributed by atoms with Crippen LogP contribution >= 0.6 is 27.3 Å². The van der Waals surface area contributed by atoms with Crippen molar-refractivity contribution in [2.24, 2.45) is 11.7 Å². The number of sulfonamides is 1. The van der Waals surface area contributed by atoms with Gasteiger partial charge in [0.25, 0.3) is 5.91 Å². The maximum absolute atomic E-state index is 11.7. The molecule has 0 spiro atoms. The molecule has 0 bridgehead atoms. The first-order valence-corrected chi connectivity index (χ1v) is 9.05. The smallest absolute Gasteiger partial charge is 0.250 e. The van der Waals surface area contributed by atoms with Gasteiger partial charge in [0.15, 0.2) is 0 Å². The number of hydrogen-bond acceptors (Lipinski definition) is 5. The van der Waals surface area contributed by atoms with Gasteiger partial charge in [0, 0.05) is 0 Å². The molecule has 1 atom stereocenters. The van der Waals surface area contributed by atoms with Crippen molar-refractivity contribution in [3.05, 3.63) is 20.8 Å². The molecule has 0 fully saturated rings. The van der Waals surface area contributed by atoms with Crippen molar-refractivity contribution in [1.29, 1.82) is 0 Å². The van der Waals surface area contributed by atoms with E-state index < -0.39 is 22.0 Å². The second-order valence-corrected chi connectivity index (χ2v) is 8.77. The van der Waals surface area contributed by atoms with Crippen LogP contribution in [0, 0.1) is 5.92 Å². The Balaban J connectivity index is 2.58. The van der Waals surface area contributed by atoms with Crippen molar-refractivity contribution in [3.8, 4) is 0 Å². The number of amides is 1. The van der Waals surface area contributed by atoms with Crippen LogP contribution in [0.1, 0.15) is 19.4 Å². The van der Waals surface area contributed by atoms with Gasteiger partial charge in [-0.25, -0.2) is 8.42 Å². The number of nitrogens with two attached hydrogens (primary N) is 1. The maximum Gasteiger partial charge on any atom is 0.250 e. The van der Waals surface area contributed by atoms with Crippen molar-refractivity contribution in [1.82, 2.24) is 4.72 Å². The summed E-state index contributed by atoms with van der Waals surface area (Å²) in [5.41, 5.74) is 6.61. The molecule has 8 heteroatoms. The molecule has 0 aromatic carbocycles. The zero-order chi connectivity index (χ0) is 14.6. The van der Waals surface area contributed by atoms with Crippen molar-refractivity contribution < 1.29 is 13.2 Å². The normalized spacial score (nSPS) is 13.5. The topological polar surface area (TPSA) is 89.3 Å². The van der Waals surface area contributed by atoms with E-state index >= 15 is 0 Å².